The Balaban J connectivity index is 2.38. The van der Waals surface area contributed by atoms with Crippen molar-refractivity contribution in [3.63, 3.8) is 0 Å². The van der Waals surface area contributed by atoms with Crippen LogP contribution < -0.4 is 16.8 Å². The Labute approximate surface area is 115 Å². The number of alkyl halides is 3. The van der Waals surface area contributed by atoms with Gasteiger partial charge in [0.1, 0.15) is 17.7 Å². The van der Waals surface area contributed by atoms with Crippen molar-refractivity contribution < 1.29 is 22.4 Å². The van der Waals surface area contributed by atoms with Crippen LogP contribution >= 0.6 is 0 Å². The van der Waals surface area contributed by atoms with Gasteiger partial charge in [0.05, 0.1) is 12.1 Å². The molecular weight excluding hydrogens is 291 g/mol. The molecule has 0 aliphatic heterocycles. The molecule has 0 atom stereocenters. The highest BCUT2D eigenvalue weighted by Crippen LogP contribution is 2.28. The Morgan fingerprint density at radius 2 is 2.10 bits per heavy atom. The van der Waals surface area contributed by atoms with Crippen molar-refractivity contribution in [3.8, 4) is 0 Å². The summed E-state index contributed by atoms with van der Waals surface area (Å²) in [6.07, 6.45) is -3.64. The minimum absolute atomic E-state index is 0.0207. The zero-order valence-electron chi connectivity index (χ0n) is 10.5. The van der Waals surface area contributed by atoms with Crippen LogP contribution in [-0.2, 0) is 12.7 Å². The summed E-state index contributed by atoms with van der Waals surface area (Å²) in [5.74, 6) is 4.30. The van der Waals surface area contributed by atoms with Gasteiger partial charge in [0.25, 0.3) is 11.5 Å². The molecule has 0 radical (unpaired) electrons. The smallest absolute Gasteiger partial charge is 0.431 e. The maximum atomic E-state index is 12.8. The third-order valence-electron chi connectivity index (χ3n) is 2.70. The summed E-state index contributed by atoms with van der Waals surface area (Å²) < 4.78 is 44.0. The van der Waals surface area contributed by atoms with Crippen molar-refractivity contribution in [1.29, 1.82) is 0 Å². The number of pyridine rings is 1. The van der Waals surface area contributed by atoms with Crippen molar-refractivity contribution in [2.24, 2.45) is 5.84 Å². The van der Waals surface area contributed by atoms with Crippen molar-refractivity contribution in [1.82, 2.24) is 9.99 Å². The topological polar surface area (TPSA) is 90.3 Å². The van der Waals surface area contributed by atoms with E-state index in [9.17, 15) is 22.8 Å². The second-order valence-corrected chi connectivity index (χ2v) is 4.11. The number of carbonyl (C=O) groups excluding carboxylic acids is 1. The van der Waals surface area contributed by atoms with Crippen LogP contribution in [0.3, 0.4) is 0 Å². The molecule has 0 saturated heterocycles. The average Bonchev–Trinajstić information content (AvgIpc) is 2.87. The highest BCUT2D eigenvalue weighted by atomic mass is 19.4. The zero-order chi connectivity index (χ0) is 15.6. The number of nitrogens with zero attached hydrogens (tertiary/aromatic N) is 1. The molecule has 0 aliphatic carbocycles. The summed E-state index contributed by atoms with van der Waals surface area (Å²) in [4.78, 5) is 22.8. The number of halogens is 3. The predicted octanol–water partition coefficient (Wildman–Crippen LogP) is 1.11. The number of nitrogen functional groups attached to an aromatic ring is 1. The van der Waals surface area contributed by atoms with Crippen LogP contribution in [-0.4, -0.2) is 10.5 Å². The van der Waals surface area contributed by atoms with Crippen LogP contribution in [0, 0.1) is 0 Å². The van der Waals surface area contributed by atoms with Crippen LogP contribution in [0.5, 0.6) is 0 Å². The van der Waals surface area contributed by atoms with E-state index in [2.05, 4.69) is 0 Å². The van der Waals surface area contributed by atoms with E-state index in [1.165, 1.54) is 6.07 Å². The molecule has 2 rings (SSSR count). The van der Waals surface area contributed by atoms with E-state index in [0.29, 0.717) is 4.57 Å². The summed E-state index contributed by atoms with van der Waals surface area (Å²) in [6, 6.07) is 4.03. The van der Waals surface area contributed by atoms with Gasteiger partial charge >= 0.3 is 6.18 Å². The second kappa shape index (κ2) is 5.44. The van der Waals surface area contributed by atoms with Gasteiger partial charge in [-0.1, -0.05) is 6.07 Å². The van der Waals surface area contributed by atoms with Gasteiger partial charge in [-0.15, -0.1) is 0 Å². The molecule has 0 spiro atoms. The normalized spacial score (nSPS) is 11.4. The van der Waals surface area contributed by atoms with E-state index >= 15 is 0 Å². The van der Waals surface area contributed by atoms with Gasteiger partial charge in [-0.2, -0.15) is 13.2 Å². The first kappa shape index (κ1) is 14.9. The Morgan fingerprint density at radius 3 is 2.71 bits per heavy atom. The first-order valence-corrected chi connectivity index (χ1v) is 5.68. The number of aromatic nitrogens is 1. The van der Waals surface area contributed by atoms with Crippen molar-refractivity contribution >= 4 is 5.91 Å². The lowest BCUT2D eigenvalue weighted by Gasteiger charge is -2.13. The molecule has 2 heterocycles. The number of furan rings is 1. The standard InChI is InChI=1S/C12H10F3N3O3/c13-12(14,15)9-2-1-3-10(19)18(9)5-8-4-7(6-21-8)11(20)17-16/h1-4,6H,5,16H2,(H,17,20). The molecule has 2 aromatic heterocycles. The number of amides is 1. The Kier molecular flexibility index (Phi) is 3.85. The number of hydrogen-bond donors (Lipinski definition) is 2. The summed E-state index contributed by atoms with van der Waals surface area (Å²) in [6.45, 7) is -0.452. The molecular formula is C12H10F3N3O3. The van der Waals surface area contributed by atoms with Gasteiger partial charge in [0, 0.05) is 6.07 Å². The van der Waals surface area contributed by atoms with Gasteiger partial charge in [-0.05, 0) is 12.1 Å². The van der Waals surface area contributed by atoms with E-state index < -0.39 is 29.9 Å². The molecule has 21 heavy (non-hydrogen) atoms. The minimum Gasteiger partial charge on any atom is -0.467 e. The monoisotopic (exact) mass is 301 g/mol. The van der Waals surface area contributed by atoms with Gasteiger partial charge in [-0.3, -0.25) is 19.6 Å². The highest BCUT2D eigenvalue weighted by molar-refractivity contribution is 5.93. The number of nitrogens with one attached hydrogen (secondary N) is 1. The molecule has 1 amide bonds. The molecule has 0 saturated carbocycles. The summed E-state index contributed by atoms with van der Waals surface area (Å²) in [5, 5.41) is 0. The number of rotatable bonds is 3. The van der Waals surface area contributed by atoms with Gasteiger partial charge in [0.2, 0.25) is 0 Å². The van der Waals surface area contributed by atoms with Crippen LogP contribution in [0.15, 0.2) is 39.7 Å². The largest absolute Gasteiger partial charge is 0.467 e. The first-order valence-electron chi connectivity index (χ1n) is 5.68. The highest BCUT2D eigenvalue weighted by Gasteiger charge is 2.34. The molecule has 0 unspecified atom stereocenters. The van der Waals surface area contributed by atoms with E-state index in [4.69, 9.17) is 10.3 Å². The molecule has 2 aromatic rings. The molecule has 0 bridgehead atoms. The molecule has 0 aliphatic rings. The third kappa shape index (κ3) is 3.14. The van der Waals surface area contributed by atoms with Crippen LogP contribution in [0.2, 0.25) is 0 Å². The molecule has 112 valence electrons. The number of hydrogen-bond acceptors (Lipinski definition) is 4. The fraction of sp³-hybridized carbons (Fsp3) is 0.167. The van der Waals surface area contributed by atoms with Crippen LogP contribution in [0.25, 0.3) is 0 Å². The summed E-state index contributed by atoms with van der Waals surface area (Å²) in [7, 11) is 0. The van der Waals surface area contributed by atoms with E-state index in [1.807, 2.05) is 5.43 Å². The summed E-state index contributed by atoms with van der Waals surface area (Å²) in [5.41, 5.74) is -0.0241. The maximum Gasteiger partial charge on any atom is 0.431 e. The van der Waals surface area contributed by atoms with E-state index in [-0.39, 0.29) is 11.3 Å². The maximum absolute atomic E-state index is 12.8. The fourth-order valence-electron chi connectivity index (χ4n) is 1.75. The lowest BCUT2D eigenvalue weighted by Crippen LogP contribution is -2.29. The number of nitrogens with two attached hydrogens (primary N) is 1. The predicted molar refractivity (Wildman–Crippen MR) is 65.2 cm³/mol. The SMILES string of the molecule is NNC(=O)c1coc(Cn2c(C(F)(F)F)cccc2=O)c1. The molecule has 6 nitrogen and oxygen atoms in total. The minimum atomic E-state index is -4.68. The van der Waals surface area contributed by atoms with Crippen molar-refractivity contribution in [2.45, 2.75) is 12.7 Å². The Morgan fingerprint density at radius 1 is 1.38 bits per heavy atom. The number of carbonyl (C=O) groups is 1. The van der Waals surface area contributed by atoms with Crippen molar-refractivity contribution in [3.05, 3.63) is 57.9 Å². The van der Waals surface area contributed by atoms with Gasteiger partial charge in [0.15, 0.2) is 0 Å². The molecule has 9 heteroatoms. The lowest BCUT2D eigenvalue weighted by atomic mass is 10.2. The summed E-state index contributed by atoms with van der Waals surface area (Å²) >= 11 is 0. The molecule has 3 N–H and O–H groups in total. The lowest BCUT2D eigenvalue weighted by molar-refractivity contribution is -0.144. The first-order chi connectivity index (χ1) is 9.82. The second-order valence-electron chi connectivity index (χ2n) is 4.11. The Bertz CT molecular complexity index is 718. The zero-order valence-corrected chi connectivity index (χ0v) is 10.5. The molecule has 0 aromatic carbocycles. The third-order valence-corrected chi connectivity index (χ3v) is 2.70. The molecule has 0 fully saturated rings. The van der Waals surface area contributed by atoms with Crippen LogP contribution in [0.4, 0.5) is 13.2 Å². The average molecular weight is 301 g/mol. The van der Waals surface area contributed by atoms with E-state index in [1.54, 1.807) is 0 Å². The van der Waals surface area contributed by atoms with Gasteiger partial charge < -0.3 is 4.42 Å². The van der Waals surface area contributed by atoms with Crippen molar-refractivity contribution in [2.75, 3.05) is 0 Å². The fourth-order valence-corrected chi connectivity index (χ4v) is 1.75. The van der Waals surface area contributed by atoms with Gasteiger partial charge in [-0.25, -0.2) is 5.84 Å². The number of hydrazine groups is 1. The quantitative estimate of drug-likeness (QED) is 0.505. The van der Waals surface area contributed by atoms with Crippen LogP contribution in [0.1, 0.15) is 21.8 Å². The Hall–Kier alpha value is -2.55. The van der Waals surface area contributed by atoms with E-state index in [0.717, 1.165) is 24.5 Å².